The molecular weight excluding hydrogens is 322 g/mol. The van der Waals surface area contributed by atoms with Gasteiger partial charge in [-0.1, -0.05) is 17.3 Å². The van der Waals surface area contributed by atoms with Crippen LogP contribution in [0.5, 0.6) is 0 Å². The normalized spacial score (nSPS) is 23.2. The van der Waals surface area contributed by atoms with Crippen LogP contribution in [0.3, 0.4) is 0 Å². The first-order chi connectivity index (χ1) is 12.2. The molecule has 0 unspecified atom stereocenters. The zero-order valence-electron chi connectivity index (χ0n) is 14.1. The number of aromatic nitrogens is 2. The molecule has 0 bridgehead atoms. The maximum atomic E-state index is 12.6. The summed E-state index contributed by atoms with van der Waals surface area (Å²) in [6.07, 6.45) is 1.27. The minimum atomic E-state index is -0.636. The van der Waals surface area contributed by atoms with Crippen LogP contribution in [0.15, 0.2) is 28.8 Å². The summed E-state index contributed by atoms with van der Waals surface area (Å²) in [6.45, 7) is 3.10. The molecule has 7 heteroatoms. The van der Waals surface area contributed by atoms with Crippen molar-refractivity contribution in [1.82, 2.24) is 15.0 Å². The van der Waals surface area contributed by atoms with Crippen LogP contribution in [0.2, 0.25) is 0 Å². The van der Waals surface area contributed by atoms with Crippen molar-refractivity contribution < 1.29 is 19.2 Å². The van der Waals surface area contributed by atoms with Gasteiger partial charge in [0.1, 0.15) is 6.10 Å². The molecule has 1 aliphatic heterocycles. The summed E-state index contributed by atoms with van der Waals surface area (Å²) in [5.74, 6) is 1.55. The molecule has 2 fully saturated rings. The van der Waals surface area contributed by atoms with Crippen LogP contribution >= 0.6 is 0 Å². The zero-order valence-corrected chi connectivity index (χ0v) is 14.1. The largest absolute Gasteiger partial charge is 0.388 e. The number of hydrogen-bond donors (Lipinski definition) is 1. The number of nitrogens with zero attached hydrogens (tertiary/aromatic N) is 3. The Bertz CT molecular complexity index is 754. The fraction of sp³-hybridized carbons (Fsp3) is 0.500. The Balaban J connectivity index is 1.45. The molecule has 2 aliphatic rings. The van der Waals surface area contributed by atoms with Crippen LogP contribution in [0, 0.1) is 0 Å². The Morgan fingerprint density at radius 3 is 2.76 bits per heavy atom. The molecule has 4 rings (SSSR count). The number of hydrogen-bond acceptors (Lipinski definition) is 6. The van der Waals surface area contributed by atoms with Gasteiger partial charge in [-0.25, -0.2) is 0 Å². The Morgan fingerprint density at radius 1 is 1.32 bits per heavy atom. The fourth-order valence-electron chi connectivity index (χ4n) is 3.09. The van der Waals surface area contributed by atoms with E-state index >= 15 is 0 Å². The van der Waals surface area contributed by atoms with Gasteiger partial charge in [-0.05, 0) is 31.9 Å². The number of likely N-dealkylation sites (tertiary alicyclic amines) is 1. The van der Waals surface area contributed by atoms with Crippen molar-refractivity contribution >= 4 is 5.91 Å². The van der Waals surface area contributed by atoms with E-state index in [1.165, 1.54) is 0 Å². The van der Waals surface area contributed by atoms with Crippen LogP contribution in [0.4, 0.5) is 0 Å². The molecule has 1 saturated carbocycles. The molecule has 1 aromatic heterocycles. The first-order valence-electron chi connectivity index (χ1n) is 8.68. The fourth-order valence-corrected chi connectivity index (χ4v) is 3.09. The van der Waals surface area contributed by atoms with Crippen molar-refractivity contribution in [3.05, 3.63) is 35.7 Å². The van der Waals surface area contributed by atoms with E-state index in [4.69, 9.17) is 9.26 Å². The maximum absolute atomic E-state index is 12.6. The lowest BCUT2D eigenvalue weighted by atomic mass is 10.1. The minimum Gasteiger partial charge on any atom is -0.388 e. The third kappa shape index (κ3) is 3.29. The van der Waals surface area contributed by atoms with Crippen LogP contribution in [-0.4, -0.2) is 58.0 Å². The quantitative estimate of drug-likeness (QED) is 0.891. The van der Waals surface area contributed by atoms with Gasteiger partial charge in [0, 0.05) is 36.7 Å². The lowest BCUT2D eigenvalue weighted by Crippen LogP contribution is -2.30. The average molecular weight is 343 g/mol. The topological polar surface area (TPSA) is 88.7 Å². The summed E-state index contributed by atoms with van der Waals surface area (Å²) >= 11 is 0. The van der Waals surface area contributed by atoms with Gasteiger partial charge in [0.2, 0.25) is 11.7 Å². The van der Waals surface area contributed by atoms with Crippen molar-refractivity contribution in [1.29, 1.82) is 0 Å². The van der Waals surface area contributed by atoms with E-state index in [2.05, 4.69) is 10.1 Å². The summed E-state index contributed by atoms with van der Waals surface area (Å²) in [4.78, 5) is 18.6. The minimum absolute atomic E-state index is 0.111. The molecule has 132 valence electrons. The summed E-state index contributed by atoms with van der Waals surface area (Å²) in [6, 6.07) is 7.15. The number of carbonyl (C=O) groups is 1. The molecule has 0 radical (unpaired) electrons. The predicted octanol–water partition coefficient (Wildman–Crippen LogP) is 1.84. The molecular formula is C18H21N3O4. The SMILES string of the molecule is CCO[C@@H]1CN(C(=O)c2ccc(-c3noc(C4CC4)n3)cc2)C[C@H]1O. The smallest absolute Gasteiger partial charge is 0.254 e. The second-order valence-corrected chi connectivity index (χ2v) is 6.58. The lowest BCUT2D eigenvalue weighted by Gasteiger charge is -2.16. The standard InChI is InChI=1S/C18H21N3O4/c1-2-24-15-10-21(9-14(15)22)18(23)13-7-3-11(4-8-13)16-19-17(25-20-16)12-5-6-12/h3-4,7-8,12,14-15,22H,2,5-6,9-10H2,1H3/t14-,15-/m1/s1. The Kier molecular flexibility index (Phi) is 4.27. The molecule has 0 spiro atoms. The van der Waals surface area contributed by atoms with E-state index in [1.54, 1.807) is 17.0 Å². The van der Waals surface area contributed by atoms with Gasteiger partial charge in [-0.15, -0.1) is 0 Å². The van der Waals surface area contributed by atoms with Crippen LogP contribution in [0.1, 0.15) is 41.9 Å². The molecule has 1 N–H and O–H groups in total. The number of ether oxygens (including phenoxy) is 1. The van der Waals surface area contributed by atoms with E-state index in [0.29, 0.717) is 42.9 Å². The number of benzene rings is 1. The number of carbonyl (C=O) groups excluding carboxylic acids is 1. The zero-order chi connectivity index (χ0) is 17.4. The maximum Gasteiger partial charge on any atom is 0.254 e. The van der Waals surface area contributed by atoms with Gasteiger partial charge in [-0.3, -0.25) is 4.79 Å². The Labute approximate surface area is 145 Å². The number of aliphatic hydroxyl groups is 1. The van der Waals surface area contributed by atoms with Crippen molar-refractivity contribution in [2.75, 3.05) is 19.7 Å². The highest BCUT2D eigenvalue weighted by Gasteiger charge is 2.35. The number of amides is 1. The van der Waals surface area contributed by atoms with Crippen LogP contribution in [-0.2, 0) is 4.74 Å². The lowest BCUT2D eigenvalue weighted by molar-refractivity contribution is -0.00237. The number of aliphatic hydroxyl groups excluding tert-OH is 1. The van der Waals surface area contributed by atoms with Crippen molar-refractivity contribution in [2.24, 2.45) is 0 Å². The molecule has 1 saturated heterocycles. The van der Waals surface area contributed by atoms with E-state index in [9.17, 15) is 9.90 Å². The number of rotatable bonds is 5. The highest BCUT2D eigenvalue weighted by Crippen LogP contribution is 2.39. The molecule has 2 atom stereocenters. The Hall–Kier alpha value is -2.25. The summed E-state index contributed by atoms with van der Waals surface area (Å²) < 4.78 is 10.7. The molecule has 1 aliphatic carbocycles. The molecule has 1 amide bonds. The van der Waals surface area contributed by atoms with Gasteiger partial charge >= 0.3 is 0 Å². The van der Waals surface area contributed by atoms with Gasteiger partial charge in [-0.2, -0.15) is 4.98 Å². The van der Waals surface area contributed by atoms with Crippen molar-refractivity contribution in [3.8, 4) is 11.4 Å². The van der Waals surface area contributed by atoms with Crippen molar-refractivity contribution in [2.45, 2.75) is 37.9 Å². The molecule has 1 aromatic carbocycles. The molecule has 25 heavy (non-hydrogen) atoms. The second-order valence-electron chi connectivity index (χ2n) is 6.58. The Morgan fingerprint density at radius 2 is 2.08 bits per heavy atom. The molecule has 7 nitrogen and oxygen atoms in total. The average Bonchev–Trinajstić information content (AvgIpc) is 3.25. The molecule has 2 heterocycles. The monoisotopic (exact) mass is 343 g/mol. The second kappa shape index (κ2) is 6.57. The van der Waals surface area contributed by atoms with E-state index in [-0.39, 0.29) is 12.0 Å². The highest BCUT2D eigenvalue weighted by atomic mass is 16.5. The third-order valence-corrected chi connectivity index (χ3v) is 4.66. The van der Waals surface area contributed by atoms with E-state index < -0.39 is 6.10 Å². The van der Waals surface area contributed by atoms with Gasteiger partial charge in [0.15, 0.2) is 0 Å². The van der Waals surface area contributed by atoms with Crippen LogP contribution in [0.25, 0.3) is 11.4 Å². The van der Waals surface area contributed by atoms with E-state index in [0.717, 1.165) is 18.4 Å². The number of β-amino-alcohol motifs (C(OH)–C–C–N with tert-alkyl or cyclic N) is 1. The summed E-state index contributed by atoms with van der Waals surface area (Å²) in [5.41, 5.74) is 1.39. The van der Waals surface area contributed by atoms with Gasteiger partial charge < -0.3 is 19.3 Å². The summed E-state index contributed by atoms with van der Waals surface area (Å²) in [5, 5.41) is 14.0. The van der Waals surface area contributed by atoms with Gasteiger partial charge in [0.05, 0.1) is 6.10 Å². The predicted molar refractivity (Wildman–Crippen MR) is 89.0 cm³/mol. The third-order valence-electron chi connectivity index (χ3n) is 4.66. The molecule has 2 aromatic rings. The highest BCUT2D eigenvalue weighted by molar-refractivity contribution is 5.94. The van der Waals surface area contributed by atoms with Crippen LogP contribution < -0.4 is 0 Å². The first-order valence-corrected chi connectivity index (χ1v) is 8.68. The van der Waals surface area contributed by atoms with Crippen molar-refractivity contribution in [3.63, 3.8) is 0 Å². The van der Waals surface area contributed by atoms with Gasteiger partial charge in [0.25, 0.3) is 5.91 Å². The first kappa shape index (κ1) is 16.2. The summed E-state index contributed by atoms with van der Waals surface area (Å²) in [7, 11) is 0. The van der Waals surface area contributed by atoms with E-state index in [1.807, 2.05) is 19.1 Å².